The minimum atomic E-state index is -0.405. The van der Waals surface area contributed by atoms with Gasteiger partial charge < -0.3 is 14.1 Å². The van der Waals surface area contributed by atoms with Crippen LogP contribution in [0.3, 0.4) is 0 Å². The summed E-state index contributed by atoms with van der Waals surface area (Å²) < 4.78 is 10.7. The molecule has 0 fully saturated rings. The molecule has 17 heavy (non-hydrogen) atoms. The Hall–Kier alpha value is -1.29. The molecule has 1 aromatic rings. The van der Waals surface area contributed by atoms with Crippen LogP contribution in [0.4, 0.5) is 0 Å². The molecule has 4 nitrogen and oxygen atoms in total. The van der Waals surface area contributed by atoms with Gasteiger partial charge in [-0.1, -0.05) is 13.8 Å². The van der Waals surface area contributed by atoms with Gasteiger partial charge in [0.05, 0.1) is 12.8 Å². The van der Waals surface area contributed by atoms with Crippen LogP contribution in [0.25, 0.3) is 0 Å². The van der Waals surface area contributed by atoms with Crippen LogP contribution in [0.15, 0.2) is 22.8 Å². The van der Waals surface area contributed by atoms with E-state index in [9.17, 15) is 4.79 Å². The minimum absolute atomic E-state index is 0.0259. The van der Waals surface area contributed by atoms with E-state index in [2.05, 4.69) is 13.8 Å². The molecule has 1 rings (SSSR count). The number of amides is 1. The Morgan fingerprint density at radius 1 is 1.47 bits per heavy atom. The van der Waals surface area contributed by atoms with Crippen LogP contribution < -0.4 is 0 Å². The van der Waals surface area contributed by atoms with Crippen LogP contribution in [0.1, 0.15) is 26.5 Å². The van der Waals surface area contributed by atoms with Gasteiger partial charge in [0, 0.05) is 13.7 Å². The van der Waals surface area contributed by atoms with Gasteiger partial charge in [0.15, 0.2) is 0 Å². The maximum atomic E-state index is 11.9. The van der Waals surface area contributed by atoms with Crippen molar-refractivity contribution in [1.82, 2.24) is 4.90 Å². The van der Waals surface area contributed by atoms with Crippen molar-refractivity contribution in [2.75, 3.05) is 13.7 Å². The van der Waals surface area contributed by atoms with Gasteiger partial charge in [0.1, 0.15) is 11.9 Å². The molecule has 0 radical (unpaired) electrons. The summed E-state index contributed by atoms with van der Waals surface area (Å²) in [7, 11) is 1.75. The second kappa shape index (κ2) is 6.45. The summed E-state index contributed by atoms with van der Waals surface area (Å²) in [5, 5.41) is 0. The van der Waals surface area contributed by atoms with Crippen molar-refractivity contribution in [2.45, 2.75) is 33.4 Å². The number of rotatable bonds is 6. The lowest BCUT2D eigenvalue weighted by molar-refractivity contribution is -0.142. The molecule has 0 aliphatic heterocycles. The molecule has 0 bridgehead atoms. The summed E-state index contributed by atoms with van der Waals surface area (Å²) >= 11 is 0. The quantitative estimate of drug-likeness (QED) is 0.765. The van der Waals surface area contributed by atoms with Crippen LogP contribution >= 0.6 is 0 Å². The molecule has 1 aromatic heterocycles. The first kappa shape index (κ1) is 13.8. The van der Waals surface area contributed by atoms with E-state index in [0.717, 1.165) is 5.76 Å². The Morgan fingerprint density at radius 3 is 2.71 bits per heavy atom. The molecule has 4 heteroatoms. The van der Waals surface area contributed by atoms with E-state index in [4.69, 9.17) is 9.15 Å². The van der Waals surface area contributed by atoms with Gasteiger partial charge in [-0.2, -0.15) is 0 Å². The van der Waals surface area contributed by atoms with Crippen LogP contribution in [0.2, 0.25) is 0 Å². The fourth-order valence-corrected chi connectivity index (χ4v) is 1.43. The summed E-state index contributed by atoms with van der Waals surface area (Å²) in [4.78, 5) is 13.6. The molecule has 0 aliphatic rings. The zero-order valence-corrected chi connectivity index (χ0v) is 11.0. The molecule has 0 saturated carbocycles. The molecule has 0 saturated heterocycles. The first-order valence-corrected chi connectivity index (χ1v) is 5.89. The number of furan rings is 1. The van der Waals surface area contributed by atoms with Crippen molar-refractivity contribution in [3.63, 3.8) is 0 Å². The average Bonchev–Trinajstić information content (AvgIpc) is 2.77. The lowest BCUT2D eigenvalue weighted by atomic mass is 10.2. The zero-order valence-electron chi connectivity index (χ0n) is 11.0. The third-order valence-corrected chi connectivity index (χ3v) is 2.38. The largest absolute Gasteiger partial charge is 0.467 e. The lowest BCUT2D eigenvalue weighted by Gasteiger charge is -2.21. The molecule has 0 unspecified atom stereocenters. The maximum Gasteiger partial charge on any atom is 0.251 e. The SMILES string of the molecule is CC(C)CO[C@H](C)C(=O)N(C)Cc1ccco1. The number of hydrogen-bond donors (Lipinski definition) is 0. The maximum absolute atomic E-state index is 11.9. The number of carbonyl (C=O) groups is 1. The van der Waals surface area contributed by atoms with E-state index < -0.39 is 6.10 Å². The van der Waals surface area contributed by atoms with Crippen molar-refractivity contribution >= 4 is 5.91 Å². The van der Waals surface area contributed by atoms with Crippen molar-refractivity contribution in [3.8, 4) is 0 Å². The monoisotopic (exact) mass is 239 g/mol. The van der Waals surface area contributed by atoms with Crippen LogP contribution in [0.5, 0.6) is 0 Å². The topological polar surface area (TPSA) is 42.7 Å². The molecular formula is C13H21NO3. The second-order valence-electron chi connectivity index (χ2n) is 4.64. The van der Waals surface area contributed by atoms with E-state index in [1.165, 1.54) is 0 Å². The van der Waals surface area contributed by atoms with Crippen molar-refractivity contribution in [1.29, 1.82) is 0 Å². The summed E-state index contributed by atoms with van der Waals surface area (Å²) in [6.07, 6.45) is 1.20. The Kier molecular flexibility index (Phi) is 5.22. The van der Waals surface area contributed by atoms with Gasteiger partial charge in [-0.3, -0.25) is 4.79 Å². The Bertz CT molecular complexity index is 332. The number of likely N-dealkylation sites (N-methyl/N-ethyl adjacent to an activating group) is 1. The third-order valence-electron chi connectivity index (χ3n) is 2.38. The fourth-order valence-electron chi connectivity index (χ4n) is 1.43. The van der Waals surface area contributed by atoms with E-state index in [1.807, 2.05) is 12.1 Å². The van der Waals surface area contributed by atoms with Crippen LogP contribution in [0, 0.1) is 5.92 Å². The summed E-state index contributed by atoms with van der Waals surface area (Å²) in [5.74, 6) is 1.18. The molecule has 0 N–H and O–H groups in total. The summed E-state index contributed by atoms with van der Waals surface area (Å²) in [6, 6.07) is 3.66. The van der Waals surface area contributed by atoms with Gasteiger partial charge in [-0.05, 0) is 25.0 Å². The van der Waals surface area contributed by atoms with E-state index in [1.54, 1.807) is 25.1 Å². The normalized spacial score (nSPS) is 12.8. The first-order chi connectivity index (χ1) is 8.00. The average molecular weight is 239 g/mol. The minimum Gasteiger partial charge on any atom is -0.467 e. The fraction of sp³-hybridized carbons (Fsp3) is 0.615. The Labute approximate surface area is 103 Å². The molecule has 0 aliphatic carbocycles. The van der Waals surface area contributed by atoms with Crippen molar-refractivity contribution in [3.05, 3.63) is 24.2 Å². The standard InChI is InChI=1S/C13H21NO3/c1-10(2)9-17-11(3)13(15)14(4)8-12-6-5-7-16-12/h5-7,10-11H,8-9H2,1-4H3/t11-/m1/s1. The molecule has 1 heterocycles. The smallest absolute Gasteiger partial charge is 0.251 e. The van der Waals surface area contributed by atoms with Crippen molar-refractivity contribution < 1.29 is 13.9 Å². The molecule has 0 spiro atoms. The van der Waals surface area contributed by atoms with Gasteiger partial charge in [0.2, 0.25) is 0 Å². The van der Waals surface area contributed by atoms with Gasteiger partial charge in [-0.15, -0.1) is 0 Å². The second-order valence-corrected chi connectivity index (χ2v) is 4.64. The molecule has 96 valence electrons. The first-order valence-electron chi connectivity index (χ1n) is 5.89. The molecule has 0 aromatic carbocycles. The number of ether oxygens (including phenoxy) is 1. The highest BCUT2D eigenvalue weighted by Crippen LogP contribution is 2.07. The third kappa shape index (κ3) is 4.61. The van der Waals surface area contributed by atoms with Crippen LogP contribution in [-0.4, -0.2) is 30.6 Å². The highest BCUT2D eigenvalue weighted by Gasteiger charge is 2.19. The summed E-state index contributed by atoms with van der Waals surface area (Å²) in [5.41, 5.74) is 0. The predicted octanol–water partition coefficient (Wildman–Crippen LogP) is 2.30. The molecule has 1 amide bonds. The van der Waals surface area contributed by atoms with E-state index in [-0.39, 0.29) is 5.91 Å². The van der Waals surface area contributed by atoms with Crippen molar-refractivity contribution in [2.24, 2.45) is 5.92 Å². The summed E-state index contributed by atoms with van der Waals surface area (Å²) in [6.45, 7) is 6.97. The van der Waals surface area contributed by atoms with E-state index >= 15 is 0 Å². The Morgan fingerprint density at radius 2 is 2.18 bits per heavy atom. The van der Waals surface area contributed by atoms with Crippen LogP contribution in [-0.2, 0) is 16.1 Å². The van der Waals surface area contributed by atoms with E-state index in [0.29, 0.717) is 19.1 Å². The lowest BCUT2D eigenvalue weighted by Crippen LogP contribution is -2.36. The van der Waals surface area contributed by atoms with Gasteiger partial charge in [0.25, 0.3) is 5.91 Å². The van der Waals surface area contributed by atoms with Gasteiger partial charge in [-0.25, -0.2) is 0 Å². The zero-order chi connectivity index (χ0) is 12.8. The van der Waals surface area contributed by atoms with Gasteiger partial charge >= 0.3 is 0 Å². The molecule has 1 atom stereocenters. The predicted molar refractivity (Wildman–Crippen MR) is 65.4 cm³/mol. The number of carbonyl (C=O) groups excluding carboxylic acids is 1. The number of hydrogen-bond acceptors (Lipinski definition) is 3. The molecular weight excluding hydrogens is 218 g/mol. The highest BCUT2D eigenvalue weighted by molar-refractivity contribution is 5.80. The number of nitrogens with zero attached hydrogens (tertiary/aromatic N) is 1. The Balaban J connectivity index is 2.40. The highest BCUT2D eigenvalue weighted by atomic mass is 16.5.